The Morgan fingerprint density at radius 2 is 1.57 bits per heavy atom. The van der Waals surface area contributed by atoms with E-state index in [-0.39, 0.29) is 18.9 Å². The molecule has 0 spiro atoms. The standard InChI is InChI=1S/C12H20Cl.Li/c1-5-9-10(6-2)11(7-3)12(13)8-4;/h5-8H2,1-4H3;/q-1;+1/b12-11-;. The molecule has 0 bridgehead atoms. The second-order valence-corrected chi connectivity index (χ2v) is 3.41. The summed E-state index contributed by atoms with van der Waals surface area (Å²) in [7, 11) is 0. The minimum atomic E-state index is 0. The first kappa shape index (κ1) is 16.8. The van der Waals surface area contributed by atoms with Crippen molar-refractivity contribution in [2.45, 2.75) is 53.4 Å². The molecule has 0 fully saturated rings. The molecule has 2 heteroatoms. The van der Waals surface area contributed by atoms with Crippen LogP contribution in [0.5, 0.6) is 0 Å². The topological polar surface area (TPSA) is 0 Å². The molecule has 0 radical (unpaired) electrons. The summed E-state index contributed by atoms with van der Waals surface area (Å²) in [5, 5.41) is 1.00. The van der Waals surface area contributed by atoms with Gasteiger partial charge in [0.1, 0.15) is 0 Å². The van der Waals surface area contributed by atoms with Crippen molar-refractivity contribution in [1.82, 2.24) is 0 Å². The molecule has 0 aliphatic rings. The number of allylic oxidation sites excluding steroid dienone is 4. The van der Waals surface area contributed by atoms with E-state index in [1.54, 1.807) is 0 Å². The number of hydrogen-bond donors (Lipinski definition) is 0. The molecule has 0 saturated heterocycles. The van der Waals surface area contributed by atoms with Gasteiger partial charge in [-0.25, -0.2) is 5.57 Å². The Morgan fingerprint density at radius 1 is 1.00 bits per heavy atom. The number of halogens is 1. The first-order chi connectivity index (χ1) is 6.21. The van der Waals surface area contributed by atoms with E-state index in [9.17, 15) is 0 Å². The molecular weight excluding hydrogens is 187 g/mol. The maximum atomic E-state index is 6.16. The van der Waals surface area contributed by atoms with Gasteiger partial charge in [0, 0.05) is 0 Å². The van der Waals surface area contributed by atoms with E-state index < -0.39 is 0 Å². The van der Waals surface area contributed by atoms with Crippen LogP contribution in [-0.2, 0) is 0 Å². The summed E-state index contributed by atoms with van der Waals surface area (Å²) >= 11 is 6.16. The van der Waals surface area contributed by atoms with Crippen molar-refractivity contribution >= 4 is 11.6 Å². The molecule has 0 aliphatic carbocycles. The van der Waals surface area contributed by atoms with Crippen molar-refractivity contribution in [1.29, 1.82) is 0 Å². The van der Waals surface area contributed by atoms with Crippen LogP contribution in [-0.4, -0.2) is 0 Å². The summed E-state index contributed by atoms with van der Waals surface area (Å²) in [6.45, 7) is 8.52. The van der Waals surface area contributed by atoms with E-state index in [0.29, 0.717) is 0 Å². The van der Waals surface area contributed by atoms with Crippen LogP contribution in [0.15, 0.2) is 16.2 Å². The summed E-state index contributed by atoms with van der Waals surface area (Å²) in [5.74, 6) is 0. The van der Waals surface area contributed by atoms with Gasteiger partial charge in [0.15, 0.2) is 0 Å². The molecule has 14 heavy (non-hydrogen) atoms. The van der Waals surface area contributed by atoms with E-state index >= 15 is 0 Å². The van der Waals surface area contributed by atoms with Gasteiger partial charge < -0.3 is 0 Å². The van der Waals surface area contributed by atoms with Gasteiger partial charge in [0.2, 0.25) is 0 Å². The third-order valence-electron chi connectivity index (χ3n) is 2.10. The van der Waals surface area contributed by atoms with Gasteiger partial charge in [-0.1, -0.05) is 45.6 Å². The molecule has 0 atom stereocenters. The fraction of sp³-hybridized carbons (Fsp3) is 0.667. The van der Waals surface area contributed by atoms with Crippen molar-refractivity contribution in [2.24, 2.45) is 0 Å². The van der Waals surface area contributed by atoms with Crippen LogP contribution in [0.1, 0.15) is 53.4 Å². The minimum absolute atomic E-state index is 0. The quantitative estimate of drug-likeness (QED) is 0.366. The molecule has 0 saturated carbocycles. The van der Waals surface area contributed by atoms with E-state index in [1.165, 1.54) is 11.1 Å². The fourth-order valence-electron chi connectivity index (χ4n) is 1.44. The van der Waals surface area contributed by atoms with Crippen LogP contribution in [0.25, 0.3) is 0 Å². The summed E-state index contributed by atoms with van der Waals surface area (Å²) in [5.41, 5.74) is 2.60. The Balaban J connectivity index is 0. The van der Waals surface area contributed by atoms with Crippen LogP contribution in [0, 0.1) is 6.08 Å². The van der Waals surface area contributed by atoms with Crippen LogP contribution < -0.4 is 18.9 Å². The second kappa shape index (κ2) is 9.90. The van der Waals surface area contributed by atoms with E-state index in [0.717, 1.165) is 30.7 Å². The maximum Gasteiger partial charge on any atom is 1.00 e. The molecule has 76 valence electrons. The summed E-state index contributed by atoms with van der Waals surface area (Å²) in [6.07, 6.45) is 7.33. The second-order valence-electron chi connectivity index (χ2n) is 2.95. The van der Waals surface area contributed by atoms with Crippen molar-refractivity contribution in [3.63, 3.8) is 0 Å². The fourth-order valence-corrected chi connectivity index (χ4v) is 1.69. The van der Waals surface area contributed by atoms with Crippen LogP contribution in [0.2, 0.25) is 0 Å². The van der Waals surface area contributed by atoms with Gasteiger partial charge in [-0.2, -0.15) is 5.57 Å². The van der Waals surface area contributed by atoms with E-state index in [2.05, 4.69) is 33.8 Å². The first-order valence-corrected chi connectivity index (χ1v) is 5.56. The molecule has 0 aromatic heterocycles. The van der Waals surface area contributed by atoms with Crippen molar-refractivity contribution in [3.05, 3.63) is 22.3 Å². The molecule has 0 amide bonds. The summed E-state index contributed by atoms with van der Waals surface area (Å²) < 4.78 is 0. The smallest absolute Gasteiger partial charge is 0.272 e. The minimum Gasteiger partial charge on any atom is -0.272 e. The van der Waals surface area contributed by atoms with Crippen molar-refractivity contribution in [2.75, 3.05) is 0 Å². The van der Waals surface area contributed by atoms with Gasteiger partial charge in [0.05, 0.1) is 0 Å². The largest absolute Gasteiger partial charge is 1.00 e. The molecule has 0 N–H and O–H groups in total. The molecular formula is C12H20ClLi. The van der Waals surface area contributed by atoms with Crippen LogP contribution in [0.3, 0.4) is 0 Å². The Labute approximate surface area is 106 Å². The third-order valence-corrected chi connectivity index (χ3v) is 2.59. The molecule has 0 aliphatic heterocycles. The molecule has 0 aromatic carbocycles. The Morgan fingerprint density at radius 3 is 1.86 bits per heavy atom. The van der Waals surface area contributed by atoms with Crippen molar-refractivity contribution in [3.8, 4) is 0 Å². The SMILES string of the molecule is CC[C-]=C(CC)/C(CC)=C(\Cl)CC.[Li+]. The summed E-state index contributed by atoms with van der Waals surface area (Å²) in [4.78, 5) is 0. The third kappa shape index (κ3) is 5.30. The van der Waals surface area contributed by atoms with E-state index in [1.807, 2.05) is 0 Å². The van der Waals surface area contributed by atoms with Gasteiger partial charge in [0.25, 0.3) is 0 Å². The molecule has 0 rings (SSSR count). The monoisotopic (exact) mass is 206 g/mol. The zero-order chi connectivity index (χ0) is 10.3. The Hall–Kier alpha value is 0.367. The Kier molecular flexibility index (Phi) is 11.9. The van der Waals surface area contributed by atoms with Crippen LogP contribution in [0.4, 0.5) is 0 Å². The first-order valence-electron chi connectivity index (χ1n) is 5.18. The maximum absolute atomic E-state index is 6.16. The zero-order valence-corrected chi connectivity index (χ0v) is 11.0. The normalized spacial score (nSPS) is 13.4. The van der Waals surface area contributed by atoms with Crippen LogP contribution >= 0.6 is 11.6 Å². The molecule has 0 heterocycles. The molecule has 0 aromatic rings. The average molecular weight is 207 g/mol. The zero-order valence-electron chi connectivity index (χ0n) is 10.2. The van der Waals surface area contributed by atoms with Gasteiger partial charge >= 0.3 is 18.9 Å². The number of hydrogen-bond acceptors (Lipinski definition) is 0. The molecule has 0 unspecified atom stereocenters. The average Bonchev–Trinajstić information content (AvgIpc) is 2.17. The van der Waals surface area contributed by atoms with Gasteiger partial charge in [-0.3, -0.25) is 6.08 Å². The van der Waals surface area contributed by atoms with Gasteiger partial charge in [-0.15, -0.1) is 18.0 Å². The summed E-state index contributed by atoms with van der Waals surface area (Å²) in [6, 6.07) is 0. The van der Waals surface area contributed by atoms with Crippen molar-refractivity contribution < 1.29 is 18.9 Å². The number of rotatable bonds is 5. The van der Waals surface area contributed by atoms with Gasteiger partial charge in [-0.05, 0) is 6.42 Å². The predicted molar refractivity (Wildman–Crippen MR) is 60.8 cm³/mol. The molecule has 0 nitrogen and oxygen atoms in total. The van der Waals surface area contributed by atoms with E-state index in [4.69, 9.17) is 11.6 Å². The predicted octanol–water partition coefficient (Wildman–Crippen LogP) is 1.85. The Bertz CT molecular complexity index is 204.